The number of nitrogens with zero attached hydrogens (tertiary/aromatic N) is 1. The molecule has 2 atom stereocenters. The van der Waals surface area contributed by atoms with Crippen molar-refractivity contribution >= 4 is 11.7 Å². The lowest BCUT2D eigenvalue weighted by Crippen LogP contribution is -2.55. The molecule has 0 aromatic rings. The fraction of sp³-hybridized carbons (Fsp3) is 0.846. The van der Waals surface area contributed by atoms with Crippen molar-refractivity contribution in [1.82, 2.24) is 5.32 Å². The number of hydrogen-bond acceptors (Lipinski definition) is 5. The van der Waals surface area contributed by atoms with Gasteiger partial charge in [0.2, 0.25) is 5.91 Å². The van der Waals surface area contributed by atoms with Crippen molar-refractivity contribution in [1.29, 1.82) is 0 Å². The first-order valence-electron chi connectivity index (χ1n) is 7.07. The van der Waals surface area contributed by atoms with Crippen LogP contribution in [0.15, 0.2) is 5.16 Å². The molecule has 2 fully saturated rings. The zero-order valence-electron chi connectivity index (χ0n) is 11.8. The van der Waals surface area contributed by atoms with Gasteiger partial charge in [-0.25, -0.2) is 0 Å². The number of nitrogens with two attached hydrogens (primary N) is 1. The number of oxime groups is 1. The molecule has 4 N–H and O–H groups in total. The Kier molecular flexibility index (Phi) is 4.82. The van der Waals surface area contributed by atoms with Gasteiger partial charge in [0.15, 0.2) is 5.84 Å². The maximum Gasteiger partial charge on any atom is 0.234 e. The highest BCUT2D eigenvalue weighted by Gasteiger charge is 2.45. The Morgan fingerprint density at radius 1 is 1.40 bits per heavy atom. The Morgan fingerprint density at radius 2 is 2.10 bits per heavy atom. The topological polar surface area (TPSA) is 106 Å². The lowest BCUT2D eigenvalue weighted by Gasteiger charge is -2.37. The molecule has 7 nitrogen and oxygen atoms in total. The van der Waals surface area contributed by atoms with Crippen LogP contribution in [0.2, 0.25) is 0 Å². The van der Waals surface area contributed by atoms with E-state index in [4.69, 9.17) is 20.4 Å². The van der Waals surface area contributed by atoms with Crippen molar-refractivity contribution in [2.75, 3.05) is 19.8 Å². The molecule has 2 aliphatic rings. The summed E-state index contributed by atoms with van der Waals surface area (Å²) in [6, 6.07) is 0.0810. The molecular formula is C13H23N3O4. The molecule has 0 saturated carbocycles. The third-order valence-electron chi connectivity index (χ3n) is 4.20. The normalized spacial score (nSPS) is 30.8. The Bertz CT molecular complexity index is 380. The summed E-state index contributed by atoms with van der Waals surface area (Å²) in [5.41, 5.74) is 4.83. The van der Waals surface area contributed by atoms with E-state index in [1.165, 1.54) is 0 Å². The van der Waals surface area contributed by atoms with E-state index in [0.29, 0.717) is 32.7 Å². The first-order valence-corrected chi connectivity index (χ1v) is 7.07. The molecule has 2 saturated heterocycles. The number of carbonyl (C=O) groups is 1. The van der Waals surface area contributed by atoms with Gasteiger partial charge in [-0.3, -0.25) is 4.79 Å². The van der Waals surface area contributed by atoms with Crippen molar-refractivity contribution in [3.05, 3.63) is 0 Å². The number of nitrogens with one attached hydrogen (secondary N) is 1. The average Bonchev–Trinajstić information content (AvgIpc) is 2.47. The van der Waals surface area contributed by atoms with Gasteiger partial charge in [0.05, 0.1) is 6.10 Å². The molecule has 0 bridgehead atoms. The average molecular weight is 285 g/mol. The molecule has 0 spiro atoms. The summed E-state index contributed by atoms with van der Waals surface area (Å²) < 4.78 is 10.8. The van der Waals surface area contributed by atoms with Gasteiger partial charge in [-0.15, -0.1) is 0 Å². The number of amidine groups is 1. The Balaban J connectivity index is 2.07. The standard InChI is InChI=1S/C13H23N3O4/c1-9-8-10(2-5-20-9)15-12(17)13(11(14)16-18)3-6-19-7-4-13/h9-10,18H,2-8H2,1H3,(H2,14,16)(H,15,17). The van der Waals surface area contributed by atoms with Gasteiger partial charge in [0, 0.05) is 25.9 Å². The number of hydrogen-bond donors (Lipinski definition) is 3. The van der Waals surface area contributed by atoms with Crippen LogP contribution in [0.4, 0.5) is 0 Å². The van der Waals surface area contributed by atoms with E-state index in [9.17, 15) is 4.79 Å². The zero-order chi connectivity index (χ0) is 14.6. The first-order chi connectivity index (χ1) is 9.58. The maximum absolute atomic E-state index is 12.6. The van der Waals surface area contributed by atoms with E-state index in [1.54, 1.807) is 0 Å². The van der Waals surface area contributed by atoms with Crippen LogP contribution in [-0.4, -0.2) is 48.9 Å². The summed E-state index contributed by atoms with van der Waals surface area (Å²) >= 11 is 0. The molecule has 0 aromatic carbocycles. The number of amides is 1. The van der Waals surface area contributed by atoms with Gasteiger partial charge in [0.25, 0.3) is 0 Å². The predicted octanol–water partition coefficient (Wildman–Crippen LogP) is 0.213. The molecule has 7 heteroatoms. The van der Waals surface area contributed by atoms with Crippen LogP contribution < -0.4 is 11.1 Å². The molecule has 2 rings (SSSR count). The van der Waals surface area contributed by atoms with Gasteiger partial charge >= 0.3 is 0 Å². The lowest BCUT2D eigenvalue weighted by atomic mass is 9.77. The maximum atomic E-state index is 12.6. The summed E-state index contributed by atoms with van der Waals surface area (Å²) in [4.78, 5) is 12.6. The Labute approximate surface area is 118 Å². The van der Waals surface area contributed by atoms with E-state index in [0.717, 1.165) is 12.8 Å². The van der Waals surface area contributed by atoms with E-state index in [-0.39, 0.29) is 23.9 Å². The van der Waals surface area contributed by atoms with Crippen LogP contribution >= 0.6 is 0 Å². The molecule has 114 valence electrons. The Morgan fingerprint density at radius 3 is 2.70 bits per heavy atom. The van der Waals surface area contributed by atoms with Crippen LogP contribution in [0, 0.1) is 5.41 Å². The van der Waals surface area contributed by atoms with Gasteiger partial charge in [-0.05, 0) is 32.6 Å². The van der Waals surface area contributed by atoms with Gasteiger partial charge < -0.3 is 25.7 Å². The van der Waals surface area contributed by atoms with Crippen LogP contribution in [0.3, 0.4) is 0 Å². The summed E-state index contributed by atoms with van der Waals surface area (Å²) in [5.74, 6) is -0.200. The summed E-state index contributed by atoms with van der Waals surface area (Å²) in [6.07, 6.45) is 2.59. The van der Waals surface area contributed by atoms with Gasteiger partial charge in [0.1, 0.15) is 5.41 Å². The predicted molar refractivity (Wildman–Crippen MR) is 72.5 cm³/mol. The van der Waals surface area contributed by atoms with E-state index in [1.807, 2.05) is 6.92 Å². The monoisotopic (exact) mass is 285 g/mol. The molecule has 1 amide bonds. The molecule has 20 heavy (non-hydrogen) atoms. The van der Waals surface area contributed by atoms with Crippen molar-refractivity contribution in [2.45, 2.75) is 44.8 Å². The summed E-state index contributed by atoms with van der Waals surface area (Å²) in [5, 5.41) is 15.1. The molecule has 0 aromatic heterocycles. The van der Waals surface area contributed by atoms with Gasteiger partial charge in [-0.1, -0.05) is 5.16 Å². The van der Waals surface area contributed by atoms with E-state index >= 15 is 0 Å². The molecular weight excluding hydrogens is 262 g/mol. The fourth-order valence-electron chi connectivity index (χ4n) is 2.87. The smallest absolute Gasteiger partial charge is 0.234 e. The SMILES string of the molecule is CC1CC(NC(=O)C2(C(N)=NO)CCOCC2)CCO1. The van der Waals surface area contributed by atoms with E-state index < -0.39 is 5.41 Å². The minimum atomic E-state index is -0.950. The highest BCUT2D eigenvalue weighted by molar-refractivity contribution is 6.06. The second-order valence-corrected chi connectivity index (χ2v) is 5.56. The van der Waals surface area contributed by atoms with Crippen molar-refractivity contribution in [3.63, 3.8) is 0 Å². The second-order valence-electron chi connectivity index (χ2n) is 5.56. The summed E-state index contributed by atoms with van der Waals surface area (Å²) in [6.45, 7) is 3.51. The highest BCUT2D eigenvalue weighted by atomic mass is 16.5. The largest absolute Gasteiger partial charge is 0.409 e. The molecule has 0 radical (unpaired) electrons. The van der Waals surface area contributed by atoms with Crippen LogP contribution in [0.1, 0.15) is 32.6 Å². The highest BCUT2D eigenvalue weighted by Crippen LogP contribution is 2.31. The molecule has 2 aliphatic heterocycles. The number of ether oxygens (including phenoxy) is 2. The zero-order valence-corrected chi connectivity index (χ0v) is 11.8. The third-order valence-corrected chi connectivity index (χ3v) is 4.20. The Hall–Kier alpha value is -1.34. The van der Waals surface area contributed by atoms with Crippen LogP contribution in [0.5, 0.6) is 0 Å². The molecule has 2 heterocycles. The number of carbonyl (C=O) groups excluding carboxylic acids is 1. The number of rotatable bonds is 3. The van der Waals surface area contributed by atoms with Crippen molar-refractivity contribution < 1.29 is 19.5 Å². The van der Waals surface area contributed by atoms with Gasteiger partial charge in [-0.2, -0.15) is 0 Å². The minimum absolute atomic E-state index is 0.0293. The van der Waals surface area contributed by atoms with E-state index in [2.05, 4.69) is 10.5 Å². The third kappa shape index (κ3) is 3.04. The lowest BCUT2D eigenvalue weighted by molar-refractivity contribution is -0.133. The summed E-state index contributed by atoms with van der Waals surface area (Å²) in [7, 11) is 0. The quantitative estimate of drug-likeness (QED) is 0.297. The second kappa shape index (κ2) is 6.41. The van der Waals surface area contributed by atoms with Crippen LogP contribution in [-0.2, 0) is 14.3 Å². The molecule has 2 unspecified atom stereocenters. The molecule has 0 aliphatic carbocycles. The first kappa shape index (κ1) is 15.1. The van der Waals surface area contributed by atoms with Crippen molar-refractivity contribution in [3.8, 4) is 0 Å². The fourth-order valence-corrected chi connectivity index (χ4v) is 2.87. The van der Waals surface area contributed by atoms with Crippen LogP contribution in [0.25, 0.3) is 0 Å². The minimum Gasteiger partial charge on any atom is -0.409 e. The van der Waals surface area contributed by atoms with Crippen molar-refractivity contribution in [2.24, 2.45) is 16.3 Å².